The molecule has 0 saturated heterocycles. The SMILES string of the molecule is CCc1ccc(-c2c(CC)cccc2CC)c(O)c1O. The van der Waals surface area contributed by atoms with Crippen molar-refractivity contribution in [1.82, 2.24) is 0 Å². The molecule has 0 aliphatic carbocycles. The van der Waals surface area contributed by atoms with Crippen LogP contribution in [0.25, 0.3) is 11.1 Å². The van der Waals surface area contributed by atoms with E-state index < -0.39 is 0 Å². The van der Waals surface area contributed by atoms with E-state index in [1.807, 2.05) is 19.1 Å². The van der Waals surface area contributed by atoms with Crippen LogP contribution in [0.15, 0.2) is 30.3 Å². The number of phenolic OH excluding ortho intramolecular Hbond substituents is 2. The van der Waals surface area contributed by atoms with E-state index in [2.05, 4.69) is 32.0 Å². The lowest BCUT2D eigenvalue weighted by Gasteiger charge is -2.16. The van der Waals surface area contributed by atoms with Gasteiger partial charge in [-0.1, -0.05) is 51.1 Å². The van der Waals surface area contributed by atoms with Gasteiger partial charge < -0.3 is 10.2 Å². The lowest BCUT2D eigenvalue weighted by atomic mass is 9.90. The smallest absolute Gasteiger partial charge is 0.165 e. The zero-order valence-electron chi connectivity index (χ0n) is 12.4. The lowest BCUT2D eigenvalue weighted by molar-refractivity contribution is 0.401. The third-order valence-corrected chi connectivity index (χ3v) is 3.88. The molecule has 0 fully saturated rings. The number of aryl methyl sites for hydroxylation is 3. The lowest BCUT2D eigenvalue weighted by Crippen LogP contribution is -1.95. The number of aromatic hydroxyl groups is 2. The van der Waals surface area contributed by atoms with Crippen molar-refractivity contribution < 1.29 is 10.2 Å². The van der Waals surface area contributed by atoms with Crippen LogP contribution in [0, 0.1) is 0 Å². The summed E-state index contributed by atoms with van der Waals surface area (Å²) in [6.07, 6.45) is 2.51. The molecule has 2 aromatic rings. The van der Waals surface area contributed by atoms with Crippen LogP contribution in [0.3, 0.4) is 0 Å². The van der Waals surface area contributed by atoms with Gasteiger partial charge in [0.05, 0.1) is 0 Å². The first-order chi connectivity index (χ1) is 9.63. The number of benzene rings is 2. The molecule has 0 radical (unpaired) electrons. The van der Waals surface area contributed by atoms with E-state index in [-0.39, 0.29) is 11.5 Å². The second-order valence-corrected chi connectivity index (χ2v) is 4.98. The third-order valence-electron chi connectivity index (χ3n) is 3.88. The van der Waals surface area contributed by atoms with Crippen molar-refractivity contribution >= 4 is 0 Å². The first-order valence-corrected chi connectivity index (χ1v) is 7.28. The molecule has 2 N–H and O–H groups in total. The molecule has 0 unspecified atom stereocenters. The van der Waals surface area contributed by atoms with E-state index in [1.54, 1.807) is 0 Å². The number of hydrogen-bond donors (Lipinski definition) is 2. The molecule has 0 saturated carbocycles. The Morgan fingerprint density at radius 3 is 1.75 bits per heavy atom. The van der Waals surface area contributed by atoms with Gasteiger partial charge in [-0.25, -0.2) is 0 Å². The molecular formula is C18H22O2. The first kappa shape index (κ1) is 14.4. The molecule has 0 aliphatic rings. The average Bonchev–Trinajstić information content (AvgIpc) is 2.49. The van der Waals surface area contributed by atoms with Crippen LogP contribution >= 0.6 is 0 Å². The van der Waals surface area contributed by atoms with Crippen molar-refractivity contribution in [3.8, 4) is 22.6 Å². The fourth-order valence-corrected chi connectivity index (χ4v) is 2.70. The summed E-state index contributed by atoms with van der Waals surface area (Å²) in [6, 6.07) is 10.0. The third kappa shape index (κ3) is 2.38. The Morgan fingerprint density at radius 2 is 1.25 bits per heavy atom. The Hall–Kier alpha value is -1.96. The van der Waals surface area contributed by atoms with E-state index in [9.17, 15) is 10.2 Å². The van der Waals surface area contributed by atoms with Gasteiger partial charge in [0, 0.05) is 5.56 Å². The topological polar surface area (TPSA) is 40.5 Å². The van der Waals surface area contributed by atoms with Crippen LogP contribution in [0.1, 0.15) is 37.5 Å². The molecule has 0 aromatic heterocycles. The zero-order chi connectivity index (χ0) is 14.7. The molecule has 0 bridgehead atoms. The van der Waals surface area contributed by atoms with Gasteiger partial charge in [0.1, 0.15) is 0 Å². The Bertz CT molecular complexity index is 593. The zero-order valence-corrected chi connectivity index (χ0v) is 12.4. The second-order valence-electron chi connectivity index (χ2n) is 4.98. The van der Waals surface area contributed by atoms with E-state index >= 15 is 0 Å². The summed E-state index contributed by atoms with van der Waals surface area (Å²) < 4.78 is 0. The normalized spacial score (nSPS) is 10.8. The highest BCUT2D eigenvalue weighted by atomic mass is 16.3. The molecule has 2 nitrogen and oxygen atoms in total. The van der Waals surface area contributed by atoms with Gasteiger partial charge in [0.2, 0.25) is 0 Å². The molecule has 0 heterocycles. The maximum Gasteiger partial charge on any atom is 0.165 e. The number of hydrogen-bond acceptors (Lipinski definition) is 2. The van der Waals surface area contributed by atoms with Crippen LogP contribution in [0.4, 0.5) is 0 Å². The first-order valence-electron chi connectivity index (χ1n) is 7.28. The standard InChI is InChI=1S/C18H22O2/c1-4-12-8-7-9-13(5-2)16(12)15-11-10-14(6-3)17(19)18(15)20/h7-11,19-20H,4-6H2,1-3H3. The van der Waals surface area contributed by atoms with Crippen molar-refractivity contribution in [1.29, 1.82) is 0 Å². The summed E-state index contributed by atoms with van der Waals surface area (Å²) in [5.41, 5.74) is 4.96. The Morgan fingerprint density at radius 1 is 0.700 bits per heavy atom. The van der Waals surface area contributed by atoms with E-state index in [1.165, 1.54) is 11.1 Å². The molecule has 2 rings (SSSR count). The molecule has 2 aromatic carbocycles. The highest BCUT2D eigenvalue weighted by molar-refractivity contribution is 5.79. The Balaban J connectivity index is 2.71. The maximum atomic E-state index is 10.4. The number of rotatable bonds is 4. The van der Waals surface area contributed by atoms with Gasteiger partial charge in [-0.3, -0.25) is 0 Å². The Labute approximate surface area is 120 Å². The predicted octanol–water partition coefficient (Wildman–Crippen LogP) is 4.45. The summed E-state index contributed by atoms with van der Waals surface area (Å²) in [4.78, 5) is 0. The fraction of sp³-hybridized carbons (Fsp3) is 0.333. The summed E-state index contributed by atoms with van der Waals surface area (Å²) in [6.45, 7) is 6.18. The number of phenols is 2. The largest absolute Gasteiger partial charge is 0.504 e. The van der Waals surface area contributed by atoms with Crippen LogP contribution < -0.4 is 0 Å². The fourth-order valence-electron chi connectivity index (χ4n) is 2.70. The van der Waals surface area contributed by atoms with Crippen molar-refractivity contribution in [3.05, 3.63) is 47.0 Å². The maximum absolute atomic E-state index is 10.4. The highest BCUT2D eigenvalue weighted by Gasteiger charge is 2.16. The average molecular weight is 270 g/mol. The minimum absolute atomic E-state index is 0.0000463. The van der Waals surface area contributed by atoms with Gasteiger partial charge in [0.15, 0.2) is 11.5 Å². The van der Waals surface area contributed by atoms with Crippen molar-refractivity contribution in [3.63, 3.8) is 0 Å². The van der Waals surface area contributed by atoms with E-state index in [4.69, 9.17) is 0 Å². The molecule has 2 heteroatoms. The molecule has 106 valence electrons. The quantitative estimate of drug-likeness (QED) is 0.806. The van der Waals surface area contributed by atoms with Crippen molar-refractivity contribution in [2.24, 2.45) is 0 Å². The van der Waals surface area contributed by atoms with Gasteiger partial charge in [-0.05, 0) is 41.5 Å². The second kappa shape index (κ2) is 6.00. The summed E-state index contributed by atoms with van der Waals surface area (Å²) >= 11 is 0. The summed E-state index contributed by atoms with van der Waals surface area (Å²) in [5, 5.41) is 20.5. The molecular weight excluding hydrogens is 248 g/mol. The minimum Gasteiger partial charge on any atom is -0.504 e. The van der Waals surface area contributed by atoms with Crippen LogP contribution in [0.5, 0.6) is 11.5 Å². The van der Waals surface area contributed by atoms with Crippen LogP contribution in [0.2, 0.25) is 0 Å². The van der Waals surface area contributed by atoms with Crippen molar-refractivity contribution in [2.75, 3.05) is 0 Å². The van der Waals surface area contributed by atoms with Gasteiger partial charge >= 0.3 is 0 Å². The van der Waals surface area contributed by atoms with Gasteiger partial charge in [-0.15, -0.1) is 0 Å². The van der Waals surface area contributed by atoms with Crippen LogP contribution in [-0.2, 0) is 19.3 Å². The summed E-state index contributed by atoms with van der Waals surface area (Å²) in [5.74, 6) is 0.0120. The minimum atomic E-state index is -0.0000463. The molecule has 0 spiro atoms. The van der Waals surface area contributed by atoms with Gasteiger partial charge in [-0.2, -0.15) is 0 Å². The summed E-state index contributed by atoms with van der Waals surface area (Å²) in [7, 11) is 0. The van der Waals surface area contributed by atoms with E-state index in [0.717, 1.165) is 29.5 Å². The molecule has 0 aliphatic heterocycles. The Kier molecular flexibility index (Phi) is 4.33. The van der Waals surface area contributed by atoms with Crippen molar-refractivity contribution in [2.45, 2.75) is 40.0 Å². The molecule has 20 heavy (non-hydrogen) atoms. The monoisotopic (exact) mass is 270 g/mol. The predicted molar refractivity (Wildman–Crippen MR) is 83.3 cm³/mol. The highest BCUT2D eigenvalue weighted by Crippen LogP contribution is 2.41. The molecule has 0 amide bonds. The van der Waals surface area contributed by atoms with Crippen LogP contribution in [-0.4, -0.2) is 10.2 Å². The van der Waals surface area contributed by atoms with E-state index in [0.29, 0.717) is 6.42 Å². The van der Waals surface area contributed by atoms with Gasteiger partial charge in [0.25, 0.3) is 0 Å². The molecule has 0 atom stereocenters.